The Labute approximate surface area is 248 Å². The first-order valence-corrected chi connectivity index (χ1v) is 15.8. The van der Waals surface area contributed by atoms with Crippen LogP contribution in [0.15, 0.2) is 30.8 Å². The first-order valence-electron chi connectivity index (χ1n) is 14.8. The highest BCUT2D eigenvalue weighted by atomic mass is 32.2. The van der Waals surface area contributed by atoms with Gasteiger partial charge in [0.05, 0.1) is 38.5 Å². The van der Waals surface area contributed by atoms with Crippen molar-refractivity contribution in [2.24, 2.45) is 0 Å². The summed E-state index contributed by atoms with van der Waals surface area (Å²) in [5, 5.41) is 12.3. The molecule has 228 valence electrons. The van der Waals surface area contributed by atoms with Crippen LogP contribution in [-0.2, 0) is 19.0 Å². The van der Waals surface area contributed by atoms with E-state index in [4.69, 9.17) is 14.2 Å². The molecule has 0 spiro atoms. The number of amides is 4. The summed E-state index contributed by atoms with van der Waals surface area (Å²) in [6, 6.07) is 7.83. The molecule has 3 unspecified atom stereocenters. The van der Waals surface area contributed by atoms with Gasteiger partial charge in [0.25, 0.3) is 5.91 Å². The van der Waals surface area contributed by atoms with E-state index in [1.165, 1.54) is 0 Å². The van der Waals surface area contributed by atoms with Crippen LogP contribution in [-0.4, -0.2) is 93.7 Å². The minimum Gasteiger partial charge on any atom is -0.379 e. The third-order valence-corrected chi connectivity index (χ3v) is 8.51. The van der Waals surface area contributed by atoms with E-state index < -0.39 is 0 Å². The molecule has 2 heterocycles. The van der Waals surface area contributed by atoms with Gasteiger partial charge in [-0.2, -0.15) is 11.8 Å². The third kappa shape index (κ3) is 12.8. The van der Waals surface area contributed by atoms with Crippen LogP contribution >= 0.6 is 11.8 Å². The van der Waals surface area contributed by atoms with Crippen LogP contribution in [0.1, 0.15) is 60.9 Å². The minimum absolute atomic E-state index is 0.0402. The van der Waals surface area contributed by atoms with Gasteiger partial charge in [0, 0.05) is 49.3 Å². The summed E-state index contributed by atoms with van der Waals surface area (Å²) in [5.74, 6) is 0.982. The number of carbonyl (C=O) groups is 3. The fraction of sp³-hybridized carbons (Fsp3) is 0.633. The maximum Gasteiger partial charge on any atom is 0.315 e. The fourth-order valence-corrected chi connectivity index (χ4v) is 6.31. The van der Waals surface area contributed by atoms with Crippen molar-refractivity contribution < 1.29 is 28.6 Å². The molecule has 2 aliphatic rings. The largest absolute Gasteiger partial charge is 0.379 e. The molecular weight excluding hydrogens is 544 g/mol. The lowest BCUT2D eigenvalue weighted by Gasteiger charge is -2.16. The highest BCUT2D eigenvalue weighted by molar-refractivity contribution is 8.00. The van der Waals surface area contributed by atoms with E-state index in [0.29, 0.717) is 70.0 Å². The van der Waals surface area contributed by atoms with E-state index in [1.54, 1.807) is 12.1 Å². The van der Waals surface area contributed by atoms with Gasteiger partial charge in [-0.3, -0.25) is 9.59 Å². The highest BCUT2D eigenvalue weighted by Crippen LogP contribution is 2.33. The molecule has 4 amide bonds. The molecular formula is C30H46N4O6S. The number of benzene rings is 1. The van der Waals surface area contributed by atoms with Crippen molar-refractivity contribution in [3.05, 3.63) is 42.0 Å². The summed E-state index contributed by atoms with van der Waals surface area (Å²) in [4.78, 5) is 35.6. The van der Waals surface area contributed by atoms with Crippen LogP contribution in [0.4, 0.5) is 4.79 Å². The van der Waals surface area contributed by atoms with Gasteiger partial charge in [0.15, 0.2) is 0 Å². The van der Waals surface area contributed by atoms with E-state index in [1.807, 2.05) is 30.0 Å². The van der Waals surface area contributed by atoms with E-state index in [2.05, 4.69) is 27.8 Å². The van der Waals surface area contributed by atoms with Gasteiger partial charge in [0.1, 0.15) is 0 Å². The molecule has 4 N–H and O–H groups in total. The monoisotopic (exact) mass is 590 g/mol. The van der Waals surface area contributed by atoms with Gasteiger partial charge < -0.3 is 35.5 Å². The average Bonchev–Trinajstić information content (AvgIpc) is 3.53. The fourth-order valence-electron chi connectivity index (χ4n) is 4.77. The molecule has 1 aromatic carbocycles. The van der Waals surface area contributed by atoms with Crippen molar-refractivity contribution in [3.8, 4) is 0 Å². The van der Waals surface area contributed by atoms with Crippen LogP contribution in [0.3, 0.4) is 0 Å². The van der Waals surface area contributed by atoms with Crippen LogP contribution in [0.25, 0.3) is 6.08 Å². The zero-order chi connectivity index (χ0) is 29.1. The number of rotatable bonds is 22. The molecule has 41 heavy (non-hydrogen) atoms. The Kier molecular flexibility index (Phi) is 15.7. The summed E-state index contributed by atoms with van der Waals surface area (Å²) >= 11 is 1.93. The van der Waals surface area contributed by atoms with E-state index in [0.717, 1.165) is 49.8 Å². The second kappa shape index (κ2) is 19.5. The maximum atomic E-state index is 12.1. The zero-order valence-corrected chi connectivity index (χ0v) is 24.8. The maximum absolute atomic E-state index is 12.1. The van der Waals surface area contributed by atoms with Crippen LogP contribution < -0.4 is 21.3 Å². The SMILES string of the molecule is C=Cc1cccc(C(=O)NCCCOCCOCCOCCCNC(=O)CCCCCC2SCC3NC(=O)NC32)c1. The summed E-state index contributed by atoms with van der Waals surface area (Å²) in [7, 11) is 0. The van der Waals surface area contributed by atoms with Crippen LogP contribution in [0.2, 0.25) is 0 Å². The highest BCUT2D eigenvalue weighted by Gasteiger charge is 2.42. The molecule has 2 aliphatic heterocycles. The molecule has 10 nitrogen and oxygen atoms in total. The molecule has 2 saturated heterocycles. The number of fused-ring (bicyclic) bond motifs is 1. The molecule has 1 aromatic rings. The standard InChI is InChI=1S/C30H46N4O6S/c1-2-23-9-6-10-24(21-23)29(36)32-14-8-16-39-18-20-40-19-17-38-15-7-13-31-27(35)12-5-3-4-11-26-28-25(22-41-26)33-30(37)34-28/h2,6,9-10,21,25-26,28H,1,3-5,7-8,11-20,22H2,(H,31,35)(H,32,36)(H2,33,34,37). The number of urea groups is 1. The zero-order valence-electron chi connectivity index (χ0n) is 24.0. The van der Waals surface area contributed by atoms with Crippen molar-refractivity contribution in [1.29, 1.82) is 0 Å². The molecule has 0 aromatic heterocycles. The molecule has 2 fully saturated rings. The van der Waals surface area contributed by atoms with Gasteiger partial charge in [-0.05, 0) is 43.4 Å². The second-order valence-electron chi connectivity index (χ2n) is 10.2. The van der Waals surface area contributed by atoms with Crippen LogP contribution in [0.5, 0.6) is 0 Å². The number of ether oxygens (including phenoxy) is 3. The number of hydrogen-bond acceptors (Lipinski definition) is 7. The van der Waals surface area contributed by atoms with Gasteiger partial charge >= 0.3 is 6.03 Å². The normalized spacial score (nSPS) is 19.3. The van der Waals surface area contributed by atoms with Crippen molar-refractivity contribution in [3.63, 3.8) is 0 Å². The molecule has 0 saturated carbocycles. The molecule has 3 rings (SSSR count). The summed E-state index contributed by atoms with van der Waals surface area (Å²) in [6.45, 7) is 8.01. The number of unbranched alkanes of at least 4 members (excludes halogenated alkanes) is 2. The number of hydrogen-bond donors (Lipinski definition) is 4. The Morgan fingerprint density at radius 2 is 1.63 bits per heavy atom. The number of nitrogens with one attached hydrogen (secondary N) is 4. The summed E-state index contributed by atoms with van der Waals surface area (Å²) in [5.41, 5.74) is 1.54. The Balaban J connectivity index is 1.01. The lowest BCUT2D eigenvalue weighted by Crippen LogP contribution is -2.36. The van der Waals surface area contributed by atoms with E-state index >= 15 is 0 Å². The first kappa shape index (κ1) is 32.9. The second-order valence-corrected chi connectivity index (χ2v) is 11.5. The Morgan fingerprint density at radius 3 is 2.37 bits per heavy atom. The lowest BCUT2D eigenvalue weighted by molar-refractivity contribution is -0.121. The van der Waals surface area contributed by atoms with E-state index in [-0.39, 0.29) is 29.9 Å². The van der Waals surface area contributed by atoms with Gasteiger partial charge in [0.2, 0.25) is 5.91 Å². The molecule has 0 aliphatic carbocycles. The molecule has 11 heteroatoms. The topological polar surface area (TPSA) is 127 Å². The smallest absolute Gasteiger partial charge is 0.315 e. The number of thioether (sulfide) groups is 1. The number of carbonyl (C=O) groups excluding carboxylic acids is 3. The van der Waals surface area contributed by atoms with Crippen molar-refractivity contribution in [1.82, 2.24) is 21.3 Å². The quantitative estimate of drug-likeness (QED) is 0.121. The van der Waals surface area contributed by atoms with Gasteiger partial charge in [-0.15, -0.1) is 0 Å². The molecule has 3 atom stereocenters. The average molecular weight is 591 g/mol. The Bertz CT molecular complexity index is 965. The third-order valence-electron chi connectivity index (χ3n) is 7.00. The molecule has 0 bridgehead atoms. The van der Waals surface area contributed by atoms with Crippen molar-refractivity contribution in [2.75, 3.05) is 58.5 Å². The Morgan fingerprint density at radius 1 is 0.927 bits per heavy atom. The van der Waals surface area contributed by atoms with Gasteiger partial charge in [-0.25, -0.2) is 4.79 Å². The van der Waals surface area contributed by atoms with E-state index in [9.17, 15) is 14.4 Å². The van der Waals surface area contributed by atoms with Gasteiger partial charge in [-0.1, -0.05) is 37.6 Å². The Hall–Kier alpha value is -2.60. The predicted octanol–water partition coefficient (Wildman–Crippen LogP) is 3.12. The lowest BCUT2D eigenvalue weighted by atomic mass is 10.0. The van der Waals surface area contributed by atoms with Crippen molar-refractivity contribution in [2.45, 2.75) is 62.3 Å². The minimum atomic E-state index is -0.0984. The molecule has 0 radical (unpaired) electrons. The summed E-state index contributed by atoms with van der Waals surface area (Å²) < 4.78 is 16.6. The summed E-state index contributed by atoms with van der Waals surface area (Å²) in [6.07, 6.45) is 7.85. The predicted molar refractivity (Wildman–Crippen MR) is 162 cm³/mol. The van der Waals surface area contributed by atoms with Crippen molar-refractivity contribution >= 4 is 35.7 Å². The first-order chi connectivity index (χ1) is 20.1. The van der Waals surface area contributed by atoms with Crippen LogP contribution in [0, 0.1) is 0 Å².